The van der Waals surface area contributed by atoms with Crippen LogP contribution in [0.15, 0.2) is 30.3 Å². The SMILES string of the molecule is CC(C1CCN([C@@H](C)c2ccccc2)C1)N(C)C. The zero-order chi connectivity index (χ0) is 13.1. The van der Waals surface area contributed by atoms with Crippen molar-refractivity contribution in [1.29, 1.82) is 0 Å². The zero-order valence-corrected chi connectivity index (χ0v) is 12.1. The molecule has 0 aromatic heterocycles. The Hall–Kier alpha value is -0.860. The van der Waals surface area contributed by atoms with Crippen LogP contribution in [0.4, 0.5) is 0 Å². The minimum absolute atomic E-state index is 0.547. The topological polar surface area (TPSA) is 6.48 Å². The lowest BCUT2D eigenvalue weighted by atomic mass is 10.00. The Morgan fingerprint density at radius 1 is 1.17 bits per heavy atom. The normalized spacial score (nSPS) is 24.4. The van der Waals surface area contributed by atoms with Crippen molar-refractivity contribution in [3.63, 3.8) is 0 Å². The molecule has 1 heterocycles. The van der Waals surface area contributed by atoms with Crippen molar-refractivity contribution in [2.75, 3.05) is 27.2 Å². The molecule has 0 amide bonds. The van der Waals surface area contributed by atoms with Crippen LogP contribution in [0.5, 0.6) is 0 Å². The van der Waals surface area contributed by atoms with Gasteiger partial charge in [0.1, 0.15) is 0 Å². The molecular formula is C16H26N2. The second-order valence-electron chi connectivity index (χ2n) is 5.83. The van der Waals surface area contributed by atoms with Crippen LogP contribution in [0.3, 0.4) is 0 Å². The molecule has 18 heavy (non-hydrogen) atoms. The summed E-state index contributed by atoms with van der Waals surface area (Å²) in [5.41, 5.74) is 1.44. The van der Waals surface area contributed by atoms with Crippen LogP contribution < -0.4 is 0 Å². The number of rotatable bonds is 4. The van der Waals surface area contributed by atoms with Crippen molar-refractivity contribution in [2.24, 2.45) is 5.92 Å². The second-order valence-corrected chi connectivity index (χ2v) is 5.83. The molecule has 3 atom stereocenters. The van der Waals surface area contributed by atoms with Crippen LogP contribution in [-0.4, -0.2) is 43.0 Å². The highest BCUT2D eigenvalue weighted by Crippen LogP contribution is 2.29. The minimum atomic E-state index is 0.547. The van der Waals surface area contributed by atoms with Gasteiger partial charge >= 0.3 is 0 Å². The van der Waals surface area contributed by atoms with E-state index in [0.29, 0.717) is 12.1 Å². The first-order valence-corrected chi connectivity index (χ1v) is 7.05. The molecule has 2 unspecified atom stereocenters. The van der Waals surface area contributed by atoms with E-state index in [1.807, 2.05) is 0 Å². The van der Waals surface area contributed by atoms with E-state index in [9.17, 15) is 0 Å². The van der Waals surface area contributed by atoms with Gasteiger partial charge in [-0.15, -0.1) is 0 Å². The Morgan fingerprint density at radius 3 is 2.44 bits per heavy atom. The molecule has 0 N–H and O–H groups in total. The summed E-state index contributed by atoms with van der Waals surface area (Å²) in [7, 11) is 4.38. The molecule has 0 spiro atoms. The highest BCUT2D eigenvalue weighted by Gasteiger charge is 2.30. The Kier molecular flexibility index (Phi) is 4.41. The highest BCUT2D eigenvalue weighted by atomic mass is 15.2. The Bertz CT molecular complexity index is 361. The van der Waals surface area contributed by atoms with Gasteiger partial charge in [0.05, 0.1) is 0 Å². The fraction of sp³-hybridized carbons (Fsp3) is 0.625. The first-order chi connectivity index (χ1) is 8.59. The predicted molar refractivity (Wildman–Crippen MR) is 77.7 cm³/mol. The first-order valence-electron chi connectivity index (χ1n) is 7.05. The molecule has 2 heteroatoms. The predicted octanol–water partition coefficient (Wildman–Crippen LogP) is 3.02. The smallest absolute Gasteiger partial charge is 0.0320 e. The third kappa shape index (κ3) is 2.93. The maximum Gasteiger partial charge on any atom is 0.0320 e. The lowest BCUT2D eigenvalue weighted by Gasteiger charge is -2.28. The van der Waals surface area contributed by atoms with E-state index in [4.69, 9.17) is 0 Å². The van der Waals surface area contributed by atoms with Crippen molar-refractivity contribution in [2.45, 2.75) is 32.4 Å². The summed E-state index contributed by atoms with van der Waals surface area (Å²) in [6, 6.07) is 12.1. The molecule has 1 fully saturated rings. The molecular weight excluding hydrogens is 220 g/mol. The molecule has 0 aliphatic carbocycles. The van der Waals surface area contributed by atoms with Gasteiger partial charge in [-0.25, -0.2) is 0 Å². The fourth-order valence-electron chi connectivity index (χ4n) is 2.92. The third-order valence-electron chi connectivity index (χ3n) is 4.58. The van der Waals surface area contributed by atoms with Gasteiger partial charge < -0.3 is 4.90 Å². The van der Waals surface area contributed by atoms with Crippen LogP contribution in [0.25, 0.3) is 0 Å². The summed E-state index contributed by atoms with van der Waals surface area (Å²) in [5.74, 6) is 0.811. The molecule has 1 aromatic rings. The van der Waals surface area contributed by atoms with Gasteiger partial charge in [0.25, 0.3) is 0 Å². The van der Waals surface area contributed by atoms with Crippen molar-refractivity contribution in [3.05, 3.63) is 35.9 Å². The summed E-state index contributed by atoms with van der Waals surface area (Å²) >= 11 is 0. The van der Waals surface area contributed by atoms with Crippen molar-refractivity contribution in [1.82, 2.24) is 9.80 Å². The van der Waals surface area contributed by atoms with E-state index in [1.54, 1.807) is 0 Å². The lowest BCUT2D eigenvalue weighted by molar-refractivity contribution is 0.202. The molecule has 1 aliphatic heterocycles. The van der Waals surface area contributed by atoms with E-state index in [-0.39, 0.29) is 0 Å². The van der Waals surface area contributed by atoms with E-state index in [1.165, 1.54) is 25.1 Å². The quantitative estimate of drug-likeness (QED) is 0.806. The number of hydrogen-bond donors (Lipinski definition) is 0. The summed E-state index contributed by atoms with van der Waals surface area (Å²) in [6.07, 6.45) is 1.33. The van der Waals surface area contributed by atoms with Crippen LogP contribution in [0.2, 0.25) is 0 Å². The van der Waals surface area contributed by atoms with Crippen LogP contribution in [0, 0.1) is 5.92 Å². The molecule has 0 bridgehead atoms. The Balaban J connectivity index is 1.97. The van der Waals surface area contributed by atoms with Gasteiger partial charge in [0.2, 0.25) is 0 Å². The van der Waals surface area contributed by atoms with Crippen molar-refractivity contribution < 1.29 is 0 Å². The largest absolute Gasteiger partial charge is 0.306 e. The first kappa shape index (κ1) is 13.6. The van der Waals surface area contributed by atoms with E-state index >= 15 is 0 Å². The maximum absolute atomic E-state index is 2.62. The number of benzene rings is 1. The van der Waals surface area contributed by atoms with E-state index in [0.717, 1.165) is 5.92 Å². The maximum atomic E-state index is 2.62. The molecule has 1 aliphatic rings. The van der Waals surface area contributed by atoms with Crippen LogP contribution in [0.1, 0.15) is 31.9 Å². The minimum Gasteiger partial charge on any atom is -0.306 e. The van der Waals surface area contributed by atoms with Crippen molar-refractivity contribution in [3.8, 4) is 0 Å². The van der Waals surface area contributed by atoms with Crippen molar-refractivity contribution >= 4 is 0 Å². The van der Waals surface area contributed by atoms with Crippen LogP contribution in [-0.2, 0) is 0 Å². The standard InChI is InChI=1S/C16H26N2/c1-13(17(3)4)16-10-11-18(12-16)14(2)15-8-6-5-7-9-15/h5-9,13-14,16H,10-12H2,1-4H3/t13?,14-,16?/m0/s1. The third-order valence-corrected chi connectivity index (χ3v) is 4.58. The average Bonchev–Trinajstić information content (AvgIpc) is 2.87. The zero-order valence-electron chi connectivity index (χ0n) is 12.1. The number of nitrogens with zero attached hydrogens (tertiary/aromatic N) is 2. The highest BCUT2D eigenvalue weighted by molar-refractivity contribution is 5.18. The summed E-state index contributed by atoms with van der Waals surface area (Å²) in [6.45, 7) is 7.15. The summed E-state index contributed by atoms with van der Waals surface area (Å²) in [4.78, 5) is 4.97. The van der Waals surface area contributed by atoms with E-state index in [2.05, 4.69) is 68.1 Å². The van der Waals surface area contributed by atoms with Gasteiger partial charge in [0.15, 0.2) is 0 Å². The summed E-state index contributed by atoms with van der Waals surface area (Å²) < 4.78 is 0. The molecule has 1 aromatic carbocycles. The molecule has 2 nitrogen and oxygen atoms in total. The lowest BCUT2D eigenvalue weighted by Crippen LogP contribution is -2.34. The van der Waals surface area contributed by atoms with Gasteiger partial charge in [0, 0.05) is 18.6 Å². The Labute approximate surface area is 112 Å². The molecule has 0 saturated carbocycles. The molecule has 1 saturated heterocycles. The van der Waals surface area contributed by atoms with E-state index < -0.39 is 0 Å². The van der Waals surface area contributed by atoms with Gasteiger partial charge in [-0.3, -0.25) is 4.90 Å². The monoisotopic (exact) mass is 246 g/mol. The fourth-order valence-corrected chi connectivity index (χ4v) is 2.92. The number of hydrogen-bond acceptors (Lipinski definition) is 2. The van der Waals surface area contributed by atoms with Crippen LogP contribution >= 0.6 is 0 Å². The molecule has 0 radical (unpaired) electrons. The average molecular weight is 246 g/mol. The second kappa shape index (κ2) is 5.85. The molecule has 100 valence electrons. The van der Waals surface area contributed by atoms with Gasteiger partial charge in [-0.1, -0.05) is 30.3 Å². The Morgan fingerprint density at radius 2 is 1.83 bits per heavy atom. The summed E-state index contributed by atoms with van der Waals surface area (Å²) in [5, 5.41) is 0. The van der Waals surface area contributed by atoms with Gasteiger partial charge in [-0.05, 0) is 52.4 Å². The number of likely N-dealkylation sites (tertiary alicyclic amines) is 1. The van der Waals surface area contributed by atoms with Gasteiger partial charge in [-0.2, -0.15) is 0 Å². The molecule has 2 rings (SSSR count).